The van der Waals surface area contributed by atoms with Crippen molar-refractivity contribution in [2.45, 2.75) is 44.2 Å². The number of piperazine rings is 1. The minimum Gasteiger partial charge on any atom is -0.394 e. The van der Waals surface area contributed by atoms with Gasteiger partial charge in [-0.15, -0.1) is 0 Å². The highest BCUT2D eigenvalue weighted by atomic mass is 127. The van der Waals surface area contributed by atoms with Gasteiger partial charge in [0.25, 0.3) is 0 Å². The Morgan fingerprint density at radius 2 is 1.84 bits per heavy atom. The Balaban J connectivity index is 1.57. The highest BCUT2D eigenvalue weighted by Gasteiger charge is 2.39. The van der Waals surface area contributed by atoms with Gasteiger partial charge in [0.15, 0.2) is 0 Å². The van der Waals surface area contributed by atoms with Gasteiger partial charge >= 0.3 is 6.18 Å². The number of nitrogens with zero attached hydrogens (tertiary/aromatic N) is 4. The fourth-order valence-electron chi connectivity index (χ4n) is 6.01. The van der Waals surface area contributed by atoms with Gasteiger partial charge in [0.05, 0.1) is 54.8 Å². The highest BCUT2D eigenvalue weighted by molar-refractivity contribution is 14.1. The van der Waals surface area contributed by atoms with Crippen LogP contribution >= 0.6 is 22.6 Å². The summed E-state index contributed by atoms with van der Waals surface area (Å²) in [5.41, 5.74) is -1.19. The van der Waals surface area contributed by atoms with Gasteiger partial charge in [0.2, 0.25) is 5.91 Å². The van der Waals surface area contributed by atoms with Gasteiger partial charge in [0, 0.05) is 35.8 Å². The summed E-state index contributed by atoms with van der Waals surface area (Å²) < 4.78 is 75.0. The predicted octanol–water partition coefficient (Wildman–Crippen LogP) is 5.80. The molecule has 0 saturated carbocycles. The normalized spacial score (nSPS) is 19.4. The first-order chi connectivity index (χ1) is 21.2. The van der Waals surface area contributed by atoms with E-state index in [1.165, 1.54) is 50.2 Å². The van der Waals surface area contributed by atoms with E-state index in [4.69, 9.17) is 9.72 Å². The number of aliphatic hydroxyl groups excluding tert-OH is 1. The van der Waals surface area contributed by atoms with Crippen LogP contribution in [0.1, 0.15) is 30.5 Å². The van der Waals surface area contributed by atoms with Crippen molar-refractivity contribution in [2.24, 2.45) is 0 Å². The van der Waals surface area contributed by atoms with Crippen molar-refractivity contribution in [2.75, 3.05) is 56.3 Å². The van der Waals surface area contributed by atoms with Crippen molar-refractivity contribution < 1.29 is 36.6 Å². The standard InChI is InChI=1S/C32H34F5IN4O3/c1-31(2,20-8-19(13-33)9-21(10-20)32(35,36)37)30(44)40(3)28-14-39-29(12-26(28)25-5-4-22(34)11-27(25)38)42-16-24-18-45-7-6-41(24)15-23(42)17-43/h4-5,8-12,14,23-24,43H,6-7,13,15-18H2,1-3H3/t23-,24-/m0/s1. The van der Waals surface area contributed by atoms with Crippen LogP contribution in [-0.4, -0.2) is 79.5 Å². The van der Waals surface area contributed by atoms with Crippen LogP contribution in [0.4, 0.5) is 33.5 Å². The molecule has 1 N–H and O–H groups in total. The molecular weight excluding hydrogens is 710 g/mol. The Hall–Kier alpha value is -2.88. The molecule has 13 heteroatoms. The lowest BCUT2D eigenvalue weighted by Crippen LogP contribution is -2.63. The number of aromatic nitrogens is 1. The number of carbonyl (C=O) groups is 1. The number of aliphatic hydroxyl groups is 1. The number of ether oxygens (including phenoxy) is 1. The van der Waals surface area contributed by atoms with Gasteiger partial charge in [-0.3, -0.25) is 9.69 Å². The number of likely N-dealkylation sites (N-methyl/N-ethyl adjacent to an activating group) is 1. The second kappa shape index (κ2) is 13.1. The largest absolute Gasteiger partial charge is 0.416 e. The van der Waals surface area contributed by atoms with Crippen molar-refractivity contribution in [3.8, 4) is 11.1 Å². The van der Waals surface area contributed by atoms with Gasteiger partial charge in [-0.05, 0) is 83.5 Å². The monoisotopic (exact) mass is 744 g/mol. The van der Waals surface area contributed by atoms with Crippen LogP contribution in [-0.2, 0) is 27.8 Å². The fourth-order valence-corrected chi connectivity index (χ4v) is 6.78. The summed E-state index contributed by atoms with van der Waals surface area (Å²) in [6.45, 7) is 4.85. The summed E-state index contributed by atoms with van der Waals surface area (Å²) in [7, 11) is 1.50. The lowest BCUT2D eigenvalue weighted by atomic mass is 9.81. The Kier molecular flexibility index (Phi) is 9.74. The third kappa shape index (κ3) is 6.81. The molecule has 2 fully saturated rings. The molecule has 2 aliphatic heterocycles. The van der Waals surface area contributed by atoms with Gasteiger partial charge in [-0.25, -0.2) is 13.8 Å². The fraction of sp³-hybridized carbons (Fsp3) is 0.438. The number of alkyl halides is 4. The van der Waals surface area contributed by atoms with Crippen LogP contribution in [0, 0.1) is 9.39 Å². The van der Waals surface area contributed by atoms with Crippen molar-refractivity contribution in [3.63, 3.8) is 0 Å². The zero-order chi connectivity index (χ0) is 32.7. The number of rotatable bonds is 7. The van der Waals surface area contributed by atoms with E-state index in [9.17, 15) is 31.9 Å². The van der Waals surface area contributed by atoms with Crippen LogP contribution < -0.4 is 9.80 Å². The molecule has 0 radical (unpaired) electrons. The topological polar surface area (TPSA) is 69.1 Å². The first-order valence-corrected chi connectivity index (χ1v) is 15.5. The number of hydrogen-bond donors (Lipinski definition) is 1. The molecule has 1 aromatic heterocycles. The smallest absolute Gasteiger partial charge is 0.394 e. The summed E-state index contributed by atoms with van der Waals surface area (Å²) in [5.74, 6) is -0.448. The van der Waals surface area contributed by atoms with Crippen molar-refractivity contribution in [1.29, 1.82) is 0 Å². The number of benzene rings is 2. The summed E-state index contributed by atoms with van der Waals surface area (Å²) in [4.78, 5) is 24.4. The quantitative estimate of drug-likeness (QED) is 0.244. The minimum atomic E-state index is -4.72. The molecule has 2 atom stereocenters. The van der Waals surface area contributed by atoms with E-state index in [0.29, 0.717) is 52.5 Å². The summed E-state index contributed by atoms with van der Waals surface area (Å²) >= 11 is 2.01. The highest BCUT2D eigenvalue weighted by Crippen LogP contribution is 2.40. The van der Waals surface area contributed by atoms with Crippen LogP contribution in [0.5, 0.6) is 0 Å². The Morgan fingerprint density at radius 3 is 2.51 bits per heavy atom. The minimum absolute atomic E-state index is 0.0164. The van der Waals surface area contributed by atoms with E-state index < -0.39 is 35.6 Å². The average Bonchev–Trinajstić information content (AvgIpc) is 3.02. The number of pyridine rings is 1. The van der Waals surface area contributed by atoms with Crippen LogP contribution in [0.3, 0.4) is 0 Å². The molecule has 45 heavy (non-hydrogen) atoms. The maximum absolute atomic E-state index is 14.2. The summed E-state index contributed by atoms with van der Waals surface area (Å²) in [6, 6.07) is 8.80. The Morgan fingerprint density at radius 1 is 1.11 bits per heavy atom. The van der Waals surface area contributed by atoms with Gasteiger partial charge in [-0.2, -0.15) is 13.2 Å². The lowest BCUT2D eigenvalue weighted by Gasteiger charge is -2.48. The molecule has 242 valence electrons. The second-order valence-electron chi connectivity index (χ2n) is 11.9. The predicted molar refractivity (Wildman–Crippen MR) is 169 cm³/mol. The van der Waals surface area contributed by atoms with Crippen molar-refractivity contribution in [3.05, 3.63) is 74.7 Å². The zero-order valence-electron chi connectivity index (χ0n) is 25.0. The summed E-state index contributed by atoms with van der Waals surface area (Å²) in [6.07, 6.45) is -3.21. The number of anilines is 2. The SMILES string of the molecule is CN(C(=O)C(C)(C)c1cc(CF)cc(C(F)(F)F)c1)c1cnc(N2C[C@H]3COCCN3C[C@H]2CO)cc1-c1ccc(F)cc1I. The zero-order valence-corrected chi connectivity index (χ0v) is 27.2. The molecule has 0 spiro atoms. The average molecular weight is 745 g/mol. The molecular formula is C32H34F5IN4O3. The maximum Gasteiger partial charge on any atom is 0.416 e. The number of amides is 1. The second-order valence-corrected chi connectivity index (χ2v) is 13.1. The molecule has 2 aromatic carbocycles. The van der Waals surface area contributed by atoms with Crippen LogP contribution in [0.15, 0.2) is 48.7 Å². The molecule has 1 amide bonds. The van der Waals surface area contributed by atoms with E-state index >= 15 is 0 Å². The van der Waals surface area contributed by atoms with E-state index in [0.717, 1.165) is 18.7 Å². The molecule has 5 rings (SSSR count). The number of halogens is 6. The van der Waals surface area contributed by atoms with Gasteiger partial charge < -0.3 is 19.6 Å². The van der Waals surface area contributed by atoms with E-state index in [1.807, 2.05) is 27.5 Å². The molecule has 0 bridgehead atoms. The van der Waals surface area contributed by atoms with Gasteiger partial charge in [-0.1, -0.05) is 12.1 Å². The van der Waals surface area contributed by atoms with E-state index in [2.05, 4.69) is 4.90 Å². The third-order valence-electron chi connectivity index (χ3n) is 8.63. The number of fused-ring (bicyclic) bond motifs is 1. The molecule has 7 nitrogen and oxygen atoms in total. The molecule has 0 unspecified atom stereocenters. The molecule has 2 saturated heterocycles. The summed E-state index contributed by atoms with van der Waals surface area (Å²) in [5, 5.41) is 10.3. The van der Waals surface area contributed by atoms with Crippen LogP contribution in [0.25, 0.3) is 11.1 Å². The number of carbonyl (C=O) groups excluding carboxylic acids is 1. The number of morpholine rings is 1. The van der Waals surface area contributed by atoms with Crippen molar-refractivity contribution >= 4 is 40.0 Å². The van der Waals surface area contributed by atoms with Crippen molar-refractivity contribution in [1.82, 2.24) is 9.88 Å². The Labute approximate surface area is 272 Å². The molecule has 2 aliphatic rings. The Bertz CT molecular complexity index is 1570. The van der Waals surface area contributed by atoms with Gasteiger partial charge in [0.1, 0.15) is 18.3 Å². The van der Waals surface area contributed by atoms with E-state index in [-0.39, 0.29) is 29.8 Å². The maximum atomic E-state index is 14.2. The molecule has 3 aromatic rings. The third-order valence-corrected chi connectivity index (χ3v) is 9.53. The first-order valence-electron chi connectivity index (χ1n) is 14.4. The first kappa shape index (κ1) is 33.5. The van der Waals surface area contributed by atoms with E-state index in [1.54, 1.807) is 12.1 Å². The molecule has 3 heterocycles. The lowest BCUT2D eigenvalue weighted by molar-refractivity contribution is -0.137. The van der Waals surface area contributed by atoms with Crippen LogP contribution in [0.2, 0.25) is 0 Å². The molecule has 0 aliphatic carbocycles. The number of hydrogen-bond acceptors (Lipinski definition) is 6.